The minimum atomic E-state index is -0.212. The van der Waals surface area contributed by atoms with Crippen LogP contribution in [0.3, 0.4) is 0 Å². The molecule has 0 unspecified atom stereocenters. The Labute approximate surface area is 151 Å². The summed E-state index contributed by atoms with van der Waals surface area (Å²) in [5.41, 5.74) is 3.38. The van der Waals surface area contributed by atoms with Gasteiger partial charge in [0.05, 0.1) is 6.26 Å². The van der Waals surface area contributed by atoms with Crippen LogP contribution in [0.2, 0.25) is 0 Å². The van der Waals surface area contributed by atoms with Gasteiger partial charge in [0.15, 0.2) is 0 Å². The van der Waals surface area contributed by atoms with Gasteiger partial charge >= 0.3 is 0 Å². The van der Waals surface area contributed by atoms with E-state index in [0.29, 0.717) is 11.1 Å². The Morgan fingerprint density at radius 1 is 0.962 bits per heavy atom. The molecule has 1 fully saturated rings. The van der Waals surface area contributed by atoms with E-state index in [1.54, 1.807) is 24.5 Å². The van der Waals surface area contributed by atoms with Crippen molar-refractivity contribution in [1.82, 2.24) is 9.47 Å². The van der Waals surface area contributed by atoms with Crippen LogP contribution < -0.4 is 0 Å². The first-order valence-corrected chi connectivity index (χ1v) is 9.27. The average molecular weight is 348 g/mol. The highest BCUT2D eigenvalue weighted by Gasteiger charge is 2.15. The van der Waals surface area contributed by atoms with E-state index in [1.165, 1.54) is 25.9 Å². The van der Waals surface area contributed by atoms with Crippen LogP contribution in [0.15, 0.2) is 59.3 Å². The first-order chi connectivity index (χ1) is 12.8. The maximum absolute atomic E-state index is 14.7. The van der Waals surface area contributed by atoms with Crippen LogP contribution in [-0.4, -0.2) is 29.1 Å². The molecule has 0 aliphatic carbocycles. The zero-order valence-electron chi connectivity index (χ0n) is 14.6. The van der Waals surface area contributed by atoms with Crippen LogP contribution in [0.25, 0.3) is 33.0 Å². The monoisotopic (exact) mass is 348 g/mol. The van der Waals surface area contributed by atoms with Crippen molar-refractivity contribution in [1.29, 1.82) is 0 Å². The molecule has 3 nitrogen and oxygen atoms in total. The molecule has 4 heteroatoms. The molecule has 0 amide bonds. The second-order valence-electron chi connectivity index (χ2n) is 7.09. The second kappa shape index (κ2) is 6.29. The lowest BCUT2D eigenvalue weighted by Gasteiger charge is -2.15. The number of hydrogen-bond acceptors (Lipinski definition) is 2. The third-order valence-corrected chi connectivity index (χ3v) is 5.50. The summed E-state index contributed by atoms with van der Waals surface area (Å²) in [6.07, 6.45) is 6.34. The number of aromatic nitrogens is 1. The minimum absolute atomic E-state index is 0.212. The molecule has 0 atom stereocenters. The van der Waals surface area contributed by atoms with Crippen molar-refractivity contribution in [3.05, 3.63) is 60.7 Å². The summed E-state index contributed by atoms with van der Waals surface area (Å²) in [5.74, 6) is -0.212. The Morgan fingerprint density at radius 2 is 1.85 bits per heavy atom. The molecular weight excluding hydrogens is 327 g/mol. The van der Waals surface area contributed by atoms with Crippen LogP contribution >= 0.6 is 0 Å². The summed E-state index contributed by atoms with van der Waals surface area (Å²) < 4.78 is 22.5. The molecule has 3 heterocycles. The van der Waals surface area contributed by atoms with Crippen LogP contribution in [-0.2, 0) is 6.54 Å². The van der Waals surface area contributed by atoms with E-state index in [2.05, 4.69) is 27.8 Å². The van der Waals surface area contributed by atoms with Crippen LogP contribution in [0, 0.1) is 5.82 Å². The molecule has 0 radical (unpaired) electrons. The molecule has 1 aliphatic heterocycles. The molecule has 0 bridgehead atoms. The molecular formula is C22H21FN2O. The Hall–Kier alpha value is -2.59. The SMILES string of the molecule is Fc1cc2ccoc2cc1-c1cccc2c1ccn2CCN1CCCC1. The Kier molecular flexibility index (Phi) is 3.79. The Morgan fingerprint density at radius 3 is 2.73 bits per heavy atom. The summed E-state index contributed by atoms with van der Waals surface area (Å²) >= 11 is 0. The Balaban J connectivity index is 1.54. The van der Waals surface area contributed by atoms with Crippen molar-refractivity contribution < 1.29 is 8.81 Å². The van der Waals surface area contributed by atoms with Crippen molar-refractivity contribution >= 4 is 21.9 Å². The number of fused-ring (bicyclic) bond motifs is 2. The molecule has 0 N–H and O–H groups in total. The normalized spacial score (nSPS) is 15.4. The topological polar surface area (TPSA) is 21.3 Å². The number of nitrogens with zero attached hydrogens (tertiary/aromatic N) is 2. The lowest BCUT2D eigenvalue weighted by Crippen LogP contribution is -2.23. The first kappa shape index (κ1) is 15.6. The van der Waals surface area contributed by atoms with Crippen molar-refractivity contribution in [2.75, 3.05) is 19.6 Å². The number of likely N-dealkylation sites (tertiary alicyclic amines) is 1. The van der Waals surface area contributed by atoms with E-state index in [0.717, 1.165) is 34.9 Å². The second-order valence-corrected chi connectivity index (χ2v) is 7.09. The van der Waals surface area contributed by atoms with Crippen molar-refractivity contribution in [3.63, 3.8) is 0 Å². The van der Waals surface area contributed by atoms with Crippen molar-refractivity contribution in [2.45, 2.75) is 19.4 Å². The summed E-state index contributed by atoms with van der Waals surface area (Å²) in [6, 6.07) is 13.4. The highest BCUT2D eigenvalue weighted by atomic mass is 19.1. The fraction of sp³-hybridized carbons (Fsp3) is 0.273. The predicted molar refractivity (Wildman–Crippen MR) is 103 cm³/mol. The molecule has 0 saturated carbocycles. The van der Waals surface area contributed by atoms with Gasteiger partial charge in [-0.05, 0) is 61.8 Å². The van der Waals surface area contributed by atoms with Gasteiger partial charge in [0.1, 0.15) is 11.4 Å². The van der Waals surface area contributed by atoms with E-state index < -0.39 is 0 Å². The molecule has 4 aromatic rings. The fourth-order valence-electron chi connectivity index (χ4n) is 4.10. The summed E-state index contributed by atoms with van der Waals surface area (Å²) in [6.45, 7) is 4.45. The van der Waals surface area contributed by atoms with Gasteiger partial charge in [-0.15, -0.1) is 0 Å². The van der Waals surface area contributed by atoms with Crippen molar-refractivity contribution in [2.24, 2.45) is 0 Å². The number of halogens is 1. The number of furan rings is 1. The highest BCUT2D eigenvalue weighted by molar-refractivity contribution is 5.97. The van der Waals surface area contributed by atoms with Crippen LogP contribution in [0.4, 0.5) is 4.39 Å². The summed E-state index contributed by atoms with van der Waals surface area (Å²) in [4.78, 5) is 2.51. The molecule has 2 aromatic heterocycles. The third-order valence-electron chi connectivity index (χ3n) is 5.50. The van der Waals surface area contributed by atoms with Gasteiger partial charge in [0, 0.05) is 41.1 Å². The minimum Gasteiger partial charge on any atom is -0.464 e. The van der Waals surface area contributed by atoms with Gasteiger partial charge in [-0.1, -0.05) is 12.1 Å². The molecule has 1 aliphatic rings. The average Bonchev–Trinajstić information content (AvgIpc) is 3.39. The van der Waals surface area contributed by atoms with Gasteiger partial charge in [-0.2, -0.15) is 0 Å². The number of hydrogen-bond donors (Lipinski definition) is 0. The van der Waals surface area contributed by atoms with Gasteiger partial charge in [0.2, 0.25) is 0 Å². The van der Waals surface area contributed by atoms with Crippen molar-refractivity contribution in [3.8, 4) is 11.1 Å². The fourth-order valence-corrected chi connectivity index (χ4v) is 4.10. The lowest BCUT2D eigenvalue weighted by molar-refractivity contribution is 0.324. The quantitative estimate of drug-likeness (QED) is 0.500. The maximum Gasteiger partial charge on any atom is 0.134 e. The molecule has 26 heavy (non-hydrogen) atoms. The zero-order valence-corrected chi connectivity index (χ0v) is 14.6. The smallest absolute Gasteiger partial charge is 0.134 e. The highest BCUT2D eigenvalue weighted by Crippen LogP contribution is 2.34. The van der Waals surface area contributed by atoms with E-state index in [1.807, 2.05) is 12.1 Å². The number of rotatable bonds is 4. The van der Waals surface area contributed by atoms with Gasteiger partial charge in [-0.3, -0.25) is 0 Å². The first-order valence-electron chi connectivity index (χ1n) is 9.27. The summed E-state index contributed by atoms with van der Waals surface area (Å²) in [5, 5.41) is 1.88. The standard InChI is InChI=1S/C22H21FN2O/c23-20-14-16-7-13-26-22(16)15-19(20)17-4-3-5-21-18(17)6-10-25(21)12-11-24-8-1-2-9-24/h3-7,10,13-15H,1-2,8-9,11-12H2. The predicted octanol–water partition coefficient (Wildman–Crippen LogP) is 5.29. The zero-order chi connectivity index (χ0) is 17.5. The molecule has 2 aromatic carbocycles. The van der Waals surface area contributed by atoms with Crippen LogP contribution in [0.1, 0.15) is 12.8 Å². The molecule has 132 valence electrons. The van der Waals surface area contributed by atoms with Gasteiger partial charge in [0.25, 0.3) is 0 Å². The maximum atomic E-state index is 14.7. The lowest BCUT2D eigenvalue weighted by atomic mass is 10.0. The summed E-state index contributed by atoms with van der Waals surface area (Å²) in [7, 11) is 0. The Bertz CT molecular complexity index is 1070. The molecule has 1 saturated heterocycles. The van der Waals surface area contributed by atoms with E-state index in [4.69, 9.17) is 4.42 Å². The molecule has 5 rings (SSSR count). The van der Waals surface area contributed by atoms with Crippen LogP contribution in [0.5, 0.6) is 0 Å². The third kappa shape index (κ3) is 2.61. The number of benzene rings is 2. The van der Waals surface area contributed by atoms with E-state index in [-0.39, 0.29) is 5.82 Å². The molecule has 0 spiro atoms. The van der Waals surface area contributed by atoms with E-state index in [9.17, 15) is 4.39 Å². The van der Waals surface area contributed by atoms with Gasteiger partial charge in [-0.25, -0.2) is 4.39 Å². The van der Waals surface area contributed by atoms with Gasteiger partial charge < -0.3 is 13.9 Å². The largest absolute Gasteiger partial charge is 0.464 e. The van der Waals surface area contributed by atoms with E-state index >= 15 is 0 Å².